The maximum atomic E-state index is 13.4. The minimum absolute atomic E-state index is 0.0821. The molecule has 1 fully saturated rings. The molecule has 2 aromatic rings. The monoisotopic (exact) mass is 373 g/mol. The third-order valence-electron chi connectivity index (χ3n) is 5.10. The molecular formula is C21H28FN3O2. The molecule has 6 heteroatoms. The number of nitrogens with zero attached hydrogens (tertiary/aromatic N) is 3. The first-order valence-electron chi connectivity index (χ1n) is 9.76. The van der Waals surface area contributed by atoms with Crippen molar-refractivity contribution in [3.63, 3.8) is 0 Å². The molecule has 1 aromatic heterocycles. The molecule has 1 aliphatic rings. The predicted molar refractivity (Wildman–Crippen MR) is 104 cm³/mol. The zero-order valence-corrected chi connectivity index (χ0v) is 16.5. The molecule has 1 saturated carbocycles. The maximum Gasteiger partial charge on any atom is 0.232 e. The van der Waals surface area contributed by atoms with Gasteiger partial charge in [-0.3, -0.25) is 4.79 Å². The topological polar surface area (TPSA) is 49.6 Å². The summed E-state index contributed by atoms with van der Waals surface area (Å²) in [5, 5.41) is 4.29. The minimum Gasteiger partial charge on any atom is -0.341 e. The lowest BCUT2D eigenvalue weighted by atomic mass is 10.1. The molecule has 1 aliphatic carbocycles. The fourth-order valence-corrected chi connectivity index (χ4v) is 3.29. The molecule has 1 heterocycles. The van der Waals surface area contributed by atoms with Gasteiger partial charge in [-0.2, -0.15) is 0 Å². The van der Waals surface area contributed by atoms with E-state index in [1.807, 2.05) is 18.7 Å². The molecule has 0 unspecified atom stereocenters. The van der Waals surface area contributed by atoms with E-state index in [2.05, 4.69) is 23.9 Å². The quantitative estimate of drug-likeness (QED) is 0.685. The highest BCUT2D eigenvalue weighted by atomic mass is 19.1. The Kier molecular flexibility index (Phi) is 5.82. The summed E-state index contributed by atoms with van der Waals surface area (Å²) in [6.07, 6.45) is 1.94. The summed E-state index contributed by atoms with van der Waals surface area (Å²) in [7, 11) is 0. The summed E-state index contributed by atoms with van der Waals surface area (Å²) in [5.74, 6) is 0.745. The molecule has 5 nitrogen and oxygen atoms in total. The van der Waals surface area contributed by atoms with Crippen LogP contribution in [0.2, 0.25) is 0 Å². The normalized spacial score (nSPS) is 13.9. The average molecular weight is 373 g/mol. The molecule has 0 spiro atoms. The van der Waals surface area contributed by atoms with Gasteiger partial charge in [0.1, 0.15) is 11.5 Å². The fourth-order valence-electron chi connectivity index (χ4n) is 3.29. The highest BCUT2D eigenvalue weighted by Gasteiger charge is 2.36. The largest absolute Gasteiger partial charge is 0.341 e. The Morgan fingerprint density at radius 1 is 1.22 bits per heavy atom. The predicted octanol–water partition coefficient (Wildman–Crippen LogP) is 4.47. The van der Waals surface area contributed by atoms with Crippen LogP contribution in [0.5, 0.6) is 0 Å². The Hall–Kier alpha value is -2.37. The van der Waals surface area contributed by atoms with Crippen molar-refractivity contribution in [1.29, 1.82) is 0 Å². The fraction of sp³-hybridized carbons (Fsp3) is 0.524. The van der Waals surface area contributed by atoms with Crippen molar-refractivity contribution >= 4 is 11.8 Å². The van der Waals surface area contributed by atoms with Gasteiger partial charge in [-0.25, -0.2) is 4.39 Å². The summed E-state index contributed by atoms with van der Waals surface area (Å²) in [5.41, 5.74) is 2.34. The average Bonchev–Trinajstić information content (AvgIpc) is 3.42. The van der Waals surface area contributed by atoms with Crippen LogP contribution >= 0.6 is 0 Å². The summed E-state index contributed by atoms with van der Waals surface area (Å²) < 4.78 is 19.1. The van der Waals surface area contributed by atoms with Crippen LogP contribution < -0.4 is 4.90 Å². The van der Waals surface area contributed by atoms with Crippen LogP contribution in [0, 0.1) is 11.7 Å². The minimum atomic E-state index is -0.291. The van der Waals surface area contributed by atoms with E-state index in [0.717, 1.165) is 37.1 Å². The maximum absolute atomic E-state index is 13.4. The lowest BCUT2D eigenvalue weighted by Gasteiger charge is -2.28. The molecule has 1 aromatic carbocycles. The van der Waals surface area contributed by atoms with E-state index >= 15 is 0 Å². The van der Waals surface area contributed by atoms with Gasteiger partial charge in [0.15, 0.2) is 0 Å². The van der Waals surface area contributed by atoms with Gasteiger partial charge in [0.2, 0.25) is 11.8 Å². The van der Waals surface area contributed by atoms with Crippen LogP contribution in [0.4, 0.5) is 10.3 Å². The summed E-state index contributed by atoms with van der Waals surface area (Å²) in [4.78, 5) is 16.8. The molecule has 146 valence electrons. The SMILES string of the molecule is CCN(CC)c1onc(-c2ccc(F)cc2)c1CN(C(=O)C1CC1)C(C)C. The number of rotatable bonds is 8. The molecule has 27 heavy (non-hydrogen) atoms. The molecule has 0 saturated heterocycles. The van der Waals surface area contributed by atoms with Gasteiger partial charge in [0.05, 0.1) is 12.1 Å². The number of anilines is 1. The Balaban J connectivity index is 2.02. The van der Waals surface area contributed by atoms with Crippen LogP contribution in [-0.2, 0) is 11.3 Å². The molecule has 0 N–H and O–H groups in total. The lowest BCUT2D eigenvalue weighted by molar-refractivity contribution is -0.134. The van der Waals surface area contributed by atoms with E-state index in [9.17, 15) is 9.18 Å². The van der Waals surface area contributed by atoms with Crippen molar-refractivity contribution in [2.24, 2.45) is 5.92 Å². The Bertz CT molecular complexity index is 777. The van der Waals surface area contributed by atoms with Crippen LogP contribution in [-0.4, -0.2) is 35.1 Å². The van der Waals surface area contributed by atoms with Crippen molar-refractivity contribution in [1.82, 2.24) is 10.1 Å². The second kappa shape index (κ2) is 8.11. The van der Waals surface area contributed by atoms with Gasteiger partial charge in [0, 0.05) is 30.6 Å². The van der Waals surface area contributed by atoms with Gasteiger partial charge >= 0.3 is 0 Å². The molecule has 0 aliphatic heterocycles. The molecule has 0 atom stereocenters. The number of halogens is 1. The molecular weight excluding hydrogens is 345 g/mol. The van der Waals surface area contributed by atoms with Crippen LogP contribution in [0.3, 0.4) is 0 Å². The highest BCUT2D eigenvalue weighted by molar-refractivity contribution is 5.82. The van der Waals surface area contributed by atoms with Crippen LogP contribution in [0.25, 0.3) is 11.3 Å². The lowest BCUT2D eigenvalue weighted by Crippen LogP contribution is -2.38. The van der Waals surface area contributed by atoms with Crippen molar-refractivity contribution in [2.45, 2.75) is 53.1 Å². The second-order valence-electron chi connectivity index (χ2n) is 7.33. The van der Waals surface area contributed by atoms with Gasteiger partial charge < -0.3 is 14.3 Å². The number of hydrogen-bond acceptors (Lipinski definition) is 4. The van der Waals surface area contributed by atoms with E-state index < -0.39 is 0 Å². The van der Waals surface area contributed by atoms with Crippen LogP contribution in [0.1, 0.15) is 46.1 Å². The van der Waals surface area contributed by atoms with Crippen molar-refractivity contribution in [3.8, 4) is 11.3 Å². The summed E-state index contributed by atoms with van der Waals surface area (Å²) >= 11 is 0. The summed E-state index contributed by atoms with van der Waals surface area (Å²) in [6, 6.07) is 6.32. The number of carbonyl (C=O) groups is 1. The highest BCUT2D eigenvalue weighted by Crippen LogP contribution is 2.36. The third-order valence-corrected chi connectivity index (χ3v) is 5.10. The molecule has 1 amide bonds. The number of aromatic nitrogens is 1. The first kappa shape index (κ1) is 19.4. The summed E-state index contributed by atoms with van der Waals surface area (Å²) in [6.45, 7) is 10.2. The Labute approximate surface area is 160 Å². The molecule has 0 radical (unpaired) electrons. The van der Waals surface area contributed by atoms with Crippen LogP contribution in [0.15, 0.2) is 28.8 Å². The van der Waals surface area contributed by atoms with Crippen molar-refractivity contribution < 1.29 is 13.7 Å². The third kappa shape index (κ3) is 4.15. The first-order valence-corrected chi connectivity index (χ1v) is 9.76. The van der Waals surface area contributed by atoms with Crippen molar-refractivity contribution in [3.05, 3.63) is 35.6 Å². The van der Waals surface area contributed by atoms with E-state index in [4.69, 9.17) is 4.52 Å². The van der Waals surface area contributed by atoms with E-state index in [0.29, 0.717) is 18.1 Å². The molecule has 0 bridgehead atoms. The van der Waals surface area contributed by atoms with Gasteiger partial charge in [-0.15, -0.1) is 0 Å². The van der Waals surface area contributed by atoms with E-state index in [-0.39, 0.29) is 23.7 Å². The second-order valence-corrected chi connectivity index (χ2v) is 7.33. The Morgan fingerprint density at radius 2 is 1.85 bits per heavy atom. The van der Waals surface area contributed by atoms with Gasteiger partial charge in [-0.05, 0) is 64.8 Å². The smallest absolute Gasteiger partial charge is 0.232 e. The van der Waals surface area contributed by atoms with E-state index in [1.54, 1.807) is 12.1 Å². The zero-order chi connectivity index (χ0) is 19.6. The number of hydrogen-bond donors (Lipinski definition) is 0. The number of amides is 1. The van der Waals surface area contributed by atoms with Crippen molar-refractivity contribution in [2.75, 3.05) is 18.0 Å². The standard InChI is InChI=1S/C21H28FN3O2/c1-5-24(6-2)21-18(13-25(14(3)4)20(26)16-7-8-16)19(23-27-21)15-9-11-17(22)12-10-15/h9-12,14,16H,5-8,13H2,1-4H3. The first-order chi connectivity index (χ1) is 13.0. The Morgan fingerprint density at radius 3 is 2.37 bits per heavy atom. The van der Waals surface area contributed by atoms with E-state index in [1.165, 1.54) is 12.1 Å². The number of carbonyl (C=O) groups excluding carboxylic acids is 1. The number of benzene rings is 1. The zero-order valence-electron chi connectivity index (χ0n) is 16.5. The van der Waals surface area contributed by atoms with Gasteiger partial charge in [0.25, 0.3) is 0 Å². The molecule has 3 rings (SSSR count). The van der Waals surface area contributed by atoms with Gasteiger partial charge in [-0.1, -0.05) is 5.16 Å².